The molecule has 0 aliphatic carbocycles. The summed E-state index contributed by atoms with van der Waals surface area (Å²) in [6, 6.07) is 8.53. The van der Waals surface area contributed by atoms with Gasteiger partial charge in [0.2, 0.25) is 0 Å². The van der Waals surface area contributed by atoms with Crippen molar-refractivity contribution in [1.82, 2.24) is 9.55 Å². The fourth-order valence-corrected chi connectivity index (χ4v) is 3.20. The van der Waals surface area contributed by atoms with Gasteiger partial charge in [-0.15, -0.1) is 0 Å². The Bertz CT molecular complexity index is 1390. The Kier molecular flexibility index (Phi) is 4.20. The van der Waals surface area contributed by atoms with Crippen LogP contribution >= 0.6 is 11.6 Å². The van der Waals surface area contributed by atoms with Crippen molar-refractivity contribution in [3.05, 3.63) is 89.8 Å². The molecular weight excluding hydrogens is 386 g/mol. The molecule has 0 saturated carbocycles. The summed E-state index contributed by atoms with van der Waals surface area (Å²) in [6.07, 6.45) is 1.34. The average molecular weight is 398 g/mol. The van der Waals surface area contributed by atoms with Crippen LogP contribution in [0.25, 0.3) is 21.9 Å². The van der Waals surface area contributed by atoms with Crippen LogP contribution in [0.3, 0.4) is 0 Å². The number of halogens is 1. The molecule has 28 heavy (non-hydrogen) atoms. The highest BCUT2D eigenvalue weighted by molar-refractivity contribution is 6.32. The van der Waals surface area contributed by atoms with Crippen molar-refractivity contribution < 1.29 is 9.34 Å². The molecule has 0 spiro atoms. The van der Waals surface area contributed by atoms with Gasteiger partial charge in [0.25, 0.3) is 11.2 Å². The first kappa shape index (κ1) is 17.9. The lowest BCUT2D eigenvalue weighted by Crippen LogP contribution is -2.22. The standard InChI is InChI=1S/C19H12ClN3O5/c1-10-4-17-13(7-15(10)20)11(5-18(24)28-17)8-22-9-21-16-3-2-12(23(26)27)6-14(16)19(22)25/h2-7,9H,8H2,1H3. The summed E-state index contributed by atoms with van der Waals surface area (Å²) < 4.78 is 6.51. The van der Waals surface area contributed by atoms with Crippen molar-refractivity contribution in [2.75, 3.05) is 0 Å². The molecule has 0 fully saturated rings. The van der Waals surface area contributed by atoms with Crippen molar-refractivity contribution in [3.8, 4) is 0 Å². The summed E-state index contributed by atoms with van der Waals surface area (Å²) in [6.45, 7) is 1.82. The molecule has 0 unspecified atom stereocenters. The van der Waals surface area contributed by atoms with Gasteiger partial charge in [-0.25, -0.2) is 9.78 Å². The van der Waals surface area contributed by atoms with Gasteiger partial charge in [0.15, 0.2) is 0 Å². The molecule has 0 aliphatic rings. The molecule has 0 amide bonds. The summed E-state index contributed by atoms with van der Waals surface area (Å²) >= 11 is 6.19. The van der Waals surface area contributed by atoms with E-state index >= 15 is 0 Å². The number of nitro benzene ring substituents is 1. The molecule has 0 bridgehead atoms. The molecule has 9 heteroatoms. The number of aryl methyl sites for hydroxylation is 1. The van der Waals surface area contributed by atoms with Crippen molar-refractivity contribution >= 4 is 39.2 Å². The largest absolute Gasteiger partial charge is 0.423 e. The minimum Gasteiger partial charge on any atom is -0.423 e. The van der Waals surface area contributed by atoms with E-state index in [-0.39, 0.29) is 17.6 Å². The van der Waals surface area contributed by atoms with Crippen LogP contribution in [-0.4, -0.2) is 14.5 Å². The summed E-state index contributed by atoms with van der Waals surface area (Å²) in [5, 5.41) is 12.2. The second kappa shape index (κ2) is 6.58. The van der Waals surface area contributed by atoms with E-state index in [2.05, 4.69) is 4.98 Å². The summed E-state index contributed by atoms with van der Waals surface area (Å²) in [5.41, 5.74) is 0.796. The van der Waals surface area contributed by atoms with E-state index in [9.17, 15) is 19.7 Å². The number of hydrogen-bond donors (Lipinski definition) is 0. The van der Waals surface area contributed by atoms with Crippen LogP contribution in [-0.2, 0) is 6.54 Å². The quantitative estimate of drug-likeness (QED) is 0.298. The van der Waals surface area contributed by atoms with Gasteiger partial charge >= 0.3 is 5.63 Å². The second-order valence-electron chi connectivity index (χ2n) is 6.32. The van der Waals surface area contributed by atoms with Gasteiger partial charge in [-0.1, -0.05) is 11.6 Å². The first-order valence-electron chi connectivity index (χ1n) is 8.20. The summed E-state index contributed by atoms with van der Waals surface area (Å²) in [5.74, 6) is 0. The van der Waals surface area contributed by atoms with Crippen molar-refractivity contribution in [2.24, 2.45) is 0 Å². The van der Waals surface area contributed by atoms with Crippen LogP contribution in [0.15, 0.2) is 56.7 Å². The van der Waals surface area contributed by atoms with Crippen LogP contribution < -0.4 is 11.2 Å². The molecule has 8 nitrogen and oxygen atoms in total. The third-order valence-corrected chi connectivity index (χ3v) is 4.88. The highest BCUT2D eigenvalue weighted by Crippen LogP contribution is 2.25. The molecule has 0 atom stereocenters. The Morgan fingerprint density at radius 1 is 1.18 bits per heavy atom. The molecule has 2 aromatic carbocycles. The van der Waals surface area contributed by atoms with Gasteiger partial charge in [-0.3, -0.25) is 19.5 Å². The minimum absolute atomic E-state index is 0.0337. The van der Waals surface area contributed by atoms with E-state index in [0.717, 1.165) is 5.56 Å². The van der Waals surface area contributed by atoms with Gasteiger partial charge < -0.3 is 4.42 Å². The summed E-state index contributed by atoms with van der Waals surface area (Å²) in [4.78, 5) is 39.4. The van der Waals surface area contributed by atoms with E-state index < -0.39 is 16.1 Å². The van der Waals surface area contributed by atoms with Crippen LogP contribution in [0.5, 0.6) is 0 Å². The van der Waals surface area contributed by atoms with Crippen LogP contribution in [0.4, 0.5) is 5.69 Å². The van der Waals surface area contributed by atoms with E-state index in [1.165, 1.54) is 35.2 Å². The lowest BCUT2D eigenvalue weighted by Gasteiger charge is -2.10. The number of nitro groups is 1. The van der Waals surface area contributed by atoms with E-state index in [1.807, 2.05) is 0 Å². The van der Waals surface area contributed by atoms with E-state index in [1.54, 1.807) is 19.1 Å². The SMILES string of the molecule is Cc1cc2oc(=O)cc(Cn3cnc4ccc([N+](=O)[O-])cc4c3=O)c2cc1Cl. The molecular formula is C19H12ClN3O5. The zero-order chi connectivity index (χ0) is 20.0. The monoisotopic (exact) mass is 397 g/mol. The fourth-order valence-electron chi connectivity index (χ4n) is 3.04. The number of aromatic nitrogens is 2. The van der Waals surface area contributed by atoms with E-state index in [0.29, 0.717) is 27.1 Å². The lowest BCUT2D eigenvalue weighted by molar-refractivity contribution is -0.384. The maximum Gasteiger partial charge on any atom is 0.336 e. The third kappa shape index (κ3) is 3.03. The molecule has 2 heterocycles. The second-order valence-corrected chi connectivity index (χ2v) is 6.73. The van der Waals surface area contributed by atoms with Gasteiger partial charge in [-0.2, -0.15) is 0 Å². The van der Waals surface area contributed by atoms with Gasteiger partial charge in [0.1, 0.15) is 5.58 Å². The molecule has 0 aliphatic heterocycles. The Morgan fingerprint density at radius 3 is 2.71 bits per heavy atom. The molecule has 4 aromatic rings. The maximum atomic E-state index is 12.8. The number of rotatable bonds is 3. The van der Waals surface area contributed by atoms with Crippen molar-refractivity contribution in [3.63, 3.8) is 0 Å². The van der Waals surface area contributed by atoms with Gasteiger partial charge in [-0.05, 0) is 36.2 Å². The first-order chi connectivity index (χ1) is 13.3. The predicted molar refractivity (Wildman–Crippen MR) is 104 cm³/mol. The number of nitrogens with zero attached hydrogens (tertiary/aromatic N) is 3. The smallest absolute Gasteiger partial charge is 0.336 e. The minimum atomic E-state index is -0.573. The highest BCUT2D eigenvalue weighted by Gasteiger charge is 2.13. The normalized spacial score (nSPS) is 11.2. The molecule has 0 N–H and O–H groups in total. The predicted octanol–water partition coefficient (Wildman–Crippen LogP) is 3.42. The average Bonchev–Trinajstić information content (AvgIpc) is 2.65. The Morgan fingerprint density at radius 2 is 1.96 bits per heavy atom. The topological polar surface area (TPSA) is 108 Å². The molecule has 4 rings (SSSR count). The lowest BCUT2D eigenvalue weighted by atomic mass is 10.1. The van der Waals surface area contributed by atoms with Crippen molar-refractivity contribution in [1.29, 1.82) is 0 Å². The number of fused-ring (bicyclic) bond motifs is 2. The number of hydrogen-bond acceptors (Lipinski definition) is 6. The summed E-state index contributed by atoms with van der Waals surface area (Å²) in [7, 11) is 0. The number of non-ortho nitro benzene ring substituents is 1. The molecule has 2 aromatic heterocycles. The zero-order valence-corrected chi connectivity index (χ0v) is 15.3. The van der Waals surface area contributed by atoms with Crippen LogP contribution in [0, 0.1) is 17.0 Å². The van der Waals surface area contributed by atoms with Gasteiger partial charge in [0, 0.05) is 28.6 Å². The molecule has 140 valence electrons. The number of benzene rings is 2. The van der Waals surface area contributed by atoms with Gasteiger partial charge in [0.05, 0.1) is 28.7 Å². The first-order valence-corrected chi connectivity index (χ1v) is 8.58. The Labute approximate surface area is 161 Å². The molecule has 0 radical (unpaired) electrons. The van der Waals surface area contributed by atoms with Crippen LogP contribution in [0.2, 0.25) is 5.02 Å². The zero-order valence-electron chi connectivity index (χ0n) is 14.5. The third-order valence-electron chi connectivity index (χ3n) is 4.47. The maximum absolute atomic E-state index is 12.8. The molecule has 0 saturated heterocycles. The highest BCUT2D eigenvalue weighted by atomic mass is 35.5. The Balaban J connectivity index is 1.90. The fraction of sp³-hybridized carbons (Fsp3) is 0.105. The van der Waals surface area contributed by atoms with Crippen molar-refractivity contribution in [2.45, 2.75) is 13.5 Å². The van der Waals surface area contributed by atoms with E-state index in [4.69, 9.17) is 16.0 Å². The Hall–Kier alpha value is -3.52. The van der Waals surface area contributed by atoms with Crippen LogP contribution in [0.1, 0.15) is 11.1 Å².